The van der Waals surface area contributed by atoms with E-state index in [0.29, 0.717) is 43.5 Å². The van der Waals surface area contributed by atoms with E-state index >= 15 is 0 Å². The van der Waals surface area contributed by atoms with Gasteiger partial charge in [0.05, 0.1) is 5.69 Å². The minimum Gasteiger partial charge on any atom is -0.506 e. The molecular weight excluding hydrogens is 416 g/mol. The molecular formula is C26H24N4O3. The van der Waals surface area contributed by atoms with Crippen molar-refractivity contribution in [1.82, 2.24) is 15.1 Å². The van der Waals surface area contributed by atoms with Gasteiger partial charge in [-0.05, 0) is 55.0 Å². The van der Waals surface area contributed by atoms with Crippen LogP contribution in [0, 0.1) is 6.92 Å². The van der Waals surface area contributed by atoms with Gasteiger partial charge in [-0.15, -0.1) is 10.2 Å². The van der Waals surface area contributed by atoms with Crippen LogP contribution < -0.4 is 4.90 Å². The summed E-state index contributed by atoms with van der Waals surface area (Å²) in [6, 6.07) is 22.4. The Hall–Kier alpha value is -4.13. The molecule has 0 atom stereocenters. The van der Waals surface area contributed by atoms with Crippen LogP contribution in [0.2, 0.25) is 0 Å². The summed E-state index contributed by atoms with van der Waals surface area (Å²) in [6.45, 7) is 4.54. The van der Waals surface area contributed by atoms with E-state index in [1.165, 1.54) is 0 Å². The lowest BCUT2D eigenvalue weighted by atomic mass is 10.1. The van der Waals surface area contributed by atoms with Gasteiger partial charge < -0.3 is 19.3 Å². The highest BCUT2D eigenvalue weighted by atomic mass is 16.4. The smallest absolute Gasteiger partial charge is 0.253 e. The Morgan fingerprint density at radius 3 is 2.24 bits per heavy atom. The third-order valence-corrected chi connectivity index (χ3v) is 5.97. The second-order valence-electron chi connectivity index (χ2n) is 8.07. The number of carbonyl (C=O) groups is 1. The highest BCUT2D eigenvalue weighted by Crippen LogP contribution is 2.28. The molecule has 7 heteroatoms. The van der Waals surface area contributed by atoms with E-state index in [9.17, 15) is 9.90 Å². The first-order chi connectivity index (χ1) is 16.1. The molecule has 1 aliphatic heterocycles. The van der Waals surface area contributed by atoms with Gasteiger partial charge in [0.15, 0.2) is 0 Å². The van der Waals surface area contributed by atoms with Crippen molar-refractivity contribution in [3.63, 3.8) is 0 Å². The number of aromatic hydroxyl groups is 1. The van der Waals surface area contributed by atoms with Crippen LogP contribution in [0.25, 0.3) is 22.9 Å². The van der Waals surface area contributed by atoms with Crippen molar-refractivity contribution in [3.05, 3.63) is 83.9 Å². The first kappa shape index (κ1) is 20.8. The molecule has 1 N–H and O–H groups in total. The zero-order valence-electron chi connectivity index (χ0n) is 18.3. The van der Waals surface area contributed by atoms with Crippen LogP contribution in [0.5, 0.6) is 5.75 Å². The number of hydrogen-bond acceptors (Lipinski definition) is 6. The summed E-state index contributed by atoms with van der Waals surface area (Å²) in [4.78, 5) is 16.9. The van der Waals surface area contributed by atoms with Crippen LogP contribution in [0.15, 0.2) is 77.2 Å². The average molecular weight is 441 g/mol. The molecule has 2 heterocycles. The standard InChI is InChI=1S/C26H24N4O3/c1-18-6-2-3-7-21(18)25-28-27-24(33-25)19-10-12-20(13-11-19)26(32)30-16-14-29(15-17-30)22-8-4-5-9-23(22)31/h2-13,31H,14-17H2,1H3. The molecule has 1 amide bonds. The largest absolute Gasteiger partial charge is 0.506 e. The Labute approximate surface area is 191 Å². The molecule has 5 rings (SSSR count). The number of benzene rings is 3. The third-order valence-electron chi connectivity index (χ3n) is 5.97. The molecule has 4 aromatic rings. The lowest BCUT2D eigenvalue weighted by molar-refractivity contribution is 0.0746. The van der Waals surface area contributed by atoms with Crippen molar-refractivity contribution >= 4 is 11.6 Å². The molecule has 0 aliphatic carbocycles. The van der Waals surface area contributed by atoms with Crippen LogP contribution in [0.1, 0.15) is 15.9 Å². The highest BCUT2D eigenvalue weighted by Gasteiger charge is 2.23. The normalized spacial score (nSPS) is 13.8. The molecule has 0 radical (unpaired) electrons. The van der Waals surface area contributed by atoms with Gasteiger partial charge in [-0.1, -0.05) is 30.3 Å². The van der Waals surface area contributed by atoms with Crippen LogP contribution in [0.4, 0.5) is 5.69 Å². The van der Waals surface area contributed by atoms with Gasteiger partial charge in [-0.3, -0.25) is 4.79 Å². The number of phenols is 1. The SMILES string of the molecule is Cc1ccccc1-c1nnc(-c2ccc(C(=O)N3CCN(c4ccccc4O)CC3)cc2)o1. The number of anilines is 1. The number of rotatable bonds is 4. The second-order valence-corrected chi connectivity index (χ2v) is 8.07. The minimum atomic E-state index is -0.00962. The maximum Gasteiger partial charge on any atom is 0.253 e. The molecule has 0 spiro atoms. The Bertz CT molecular complexity index is 1270. The maximum atomic E-state index is 13.0. The van der Waals surface area contributed by atoms with E-state index in [1.807, 2.05) is 60.4 Å². The summed E-state index contributed by atoms with van der Waals surface area (Å²) in [6.07, 6.45) is 0. The zero-order chi connectivity index (χ0) is 22.8. The number of aromatic nitrogens is 2. The van der Waals surface area contributed by atoms with Crippen LogP contribution in [-0.4, -0.2) is 52.3 Å². The number of aryl methyl sites for hydroxylation is 1. The number of nitrogens with zero attached hydrogens (tertiary/aromatic N) is 4. The fourth-order valence-electron chi connectivity index (χ4n) is 4.08. The van der Waals surface area contributed by atoms with E-state index in [4.69, 9.17) is 4.42 Å². The summed E-state index contributed by atoms with van der Waals surface area (Å²) >= 11 is 0. The van der Waals surface area contributed by atoms with Gasteiger partial charge in [0.25, 0.3) is 5.91 Å². The Balaban J connectivity index is 1.25. The molecule has 7 nitrogen and oxygen atoms in total. The van der Waals surface area contributed by atoms with Gasteiger partial charge in [0.2, 0.25) is 11.8 Å². The molecule has 3 aromatic carbocycles. The first-order valence-electron chi connectivity index (χ1n) is 10.9. The summed E-state index contributed by atoms with van der Waals surface area (Å²) in [5.74, 6) is 1.15. The Morgan fingerprint density at radius 1 is 0.848 bits per heavy atom. The van der Waals surface area contributed by atoms with E-state index in [-0.39, 0.29) is 11.7 Å². The topological polar surface area (TPSA) is 82.7 Å². The number of carbonyl (C=O) groups excluding carboxylic acids is 1. The number of hydrogen-bond donors (Lipinski definition) is 1. The summed E-state index contributed by atoms with van der Waals surface area (Å²) in [5, 5.41) is 18.4. The average Bonchev–Trinajstić information content (AvgIpc) is 3.35. The molecule has 1 aliphatic rings. The van der Waals surface area contributed by atoms with Crippen molar-refractivity contribution < 1.29 is 14.3 Å². The summed E-state index contributed by atoms with van der Waals surface area (Å²) in [7, 11) is 0. The van der Waals surface area contributed by atoms with Crippen molar-refractivity contribution in [2.45, 2.75) is 6.92 Å². The Kier molecular flexibility index (Phi) is 5.52. The van der Waals surface area contributed by atoms with Crippen molar-refractivity contribution in [2.24, 2.45) is 0 Å². The van der Waals surface area contributed by atoms with Crippen molar-refractivity contribution in [3.8, 4) is 28.7 Å². The number of phenolic OH excluding ortho intramolecular Hbond substituents is 1. The van der Waals surface area contributed by atoms with Gasteiger partial charge in [0.1, 0.15) is 5.75 Å². The lowest BCUT2D eigenvalue weighted by Crippen LogP contribution is -2.48. The van der Waals surface area contributed by atoms with Crippen LogP contribution >= 0.6 is 0 Å². The predicted octanol–water partition coefficient (Wildman–Crippen LogP) is 4.38. The molecule has 33 heavy (non-hydrogen) atoms. The van der Waals surface area contributed by atoms with Gasteiger partial charge in [-0.2, -0.15) is 0 Å². The van der Waals surface area contributed by atoms with Crippen molar-refractivity contribution in [2.75, 3.05) is 31.1 Å². The molecule has 1 fully saturated rings. The number of para-hydroxylation sites is 2. The fourth-order valence-corrected chi connectivity index (χ4v) is 4.08. The van der Waals surface area contributed by atoms with E-state index < -0.39 is 0 Å². The maximum absolute atomic E-state index is 13.0. The summed E-state index contributed by atoms with van der Waals surface area (Å²) < 4.78 is 5.87. The predicted molar refractivity (Wildman–Crippen MR) is 126 cm³/mol. The fraction of sp³-hybridized carbons (Fsp3) is 0.192. The second kappa shape index (κ2) is 8.78. The van der Waals surface area contributed by atoms with E-state index in [1.54, 1.807) is 24.3 Å². The van der Waals surface area contributed by atoms with E-state index in [2.05, 4.69) is 15.1 Å². The zero-order valence-corrected chi connectivity index (χ0v) is 18.3. The van der Waals surface area contributed by atoms with Crippen molar-refractivity contribution in [1.29, 1.82) is 0 Å². The molecule has 0 saturated carbocycles. The Morgan fingerprint density at radius 2 is 1.52 bits per heavy atom. The van der Waals surface area contributed by atoms with Gasteiger partial charge in [0, 0.05) is 42.9 Å². The minimum absolute atomic E-state index is 0.00962. The molecule has 0 bridgehead atoms. The summed E-state index contributed by atoms with van der Waals surface area (Å²) in [5.41, 5.74) is 4.16. The quantitative estimate of drug-likeness (QED) is 0.507. The molecule has 1 aromatic heterocycles. The lowest BCUT2D eigenvalue weighted by Gasteiger charge is -2.36. The van der Waals surface area contributed by atoms with Crippen LogP contribution in [-0.2, 0) is 0 Å². The third kappa shape index (κ3) is 4.17. The number of amides is 1. The highest BCUT2D eigenvalue weighted by molar-refractivity contribution is 5.94. The first-order valence-corrected chi connectivity index (χ1v) is 10.9. The van der Waals surface area contributed by atoms with Gasteiger partial charge in [-0.25, -0.2) is 0 Å². The molecule has 166 valence electrons. The monoisotopic (exact) mass is 440 g/mol. The molecule has 0 unspecified atom stereocenters. The number of piperazine rings is 1. The van der Waals surface area contributed by atoms with E-state index in [0.717, 1.165) is 22.4 Å². The van der Waals surface area contributed by atoms with Gasteiger partial charge >= 0.3 is 0 Å². The molecule has 1 saturated heterocycles. The van der Waals surface area contributed by atoms with Crippen LogP contribution in [0.3, 0.4) is 0 Å².